The molecule has 1 N–H and O–H groups in total. The molecule has 4 nitrogen and oxygen atoms in total. The zero-order chi connectivity index (χ0) is 18.8. The molecule has 0 fully saturated rings. The molecular formula is C18H11ClF2N2O2S. The average molecular weight is 393 g/mol. The average Bonchev–Trinajstić information content (AvgIpc) is 2.99. The Balaban J connectivity index is 1.98. The van der Waals surface area contributed by atoms with Crippen LogP contribution in [0.3, 0.4) is 0 Å². The molecule has 0 radical (unpaired) electrons. The van der Waals surface area contributed by atoms with E-state index in [9.17, 15) is 18.4 Å². The summed E-state index contributed by atoms with van der Waals surface area (Å²) in [6.45, 7) is 1.89. The Morgan fingerprint density at radius 1 is 1.12 bits per heavy atom. The van der Waals surface area contributed by atoms with Gasteiger partial charge in [-0.3, -0.25) is 14.9 Å². The van der Waals surface area contributed by atoms with E-state index >= 15 is 0 Å². The highest BCUT2D eigenvalue weighted by Gasteiger charge is 2.22. The van der Waals surface area contributed by atoms with Crippen LogP contribution in [0.15, 0.2) is 42.5 Å². The van der Waals surface area contributed by atoms with Gasteiger partial charge in [-0.25, -0.2) is 13.8 Å². The summed E-state index contributed by atoms with van der Waals surface area (Å²) in [5.74, 6) is -2.99. The number of aryl methyl sites for hydroxylation is 1. The van der Waals surface area contributed by atoms with Gasteiger partial charge in [-0.05, 0) is 36.2 Å². The summed E-state index contributed by atoms with van der Waals surface area (Å²) in [4.78, 5) is 28.3. The molecule has 1 heterocycles. The molecule has 0 aliphatic carbocycles. The first-order valence-corrected chi connectivity index (χ1v) is 8.59. The van der Waals surface area contributed by atoms with Crippen LogP contribution >= 0.6 is 22.9 Å². The number of anilines is 1. The number of rotatable bonds is 4. The molecule has 3 rings (SSSR count). The van der Waals surface area contributed by atoms with Crippen molar-refractivity contribution in [2.45, 2.75) is 6.92 Å². The molecule has 26 heavy (non-hydrogen) atoms. The summed E-state index contributed by atoms with van der Waals surface area (Å²) in [6.07, 6.45) is 0. The van der Waals surface area contributed by atoms with Crippen LogP contribution in [0.2, 0.25) is 0 Å². The van der Waals surface area contributed by atoms with Gasteiger partial charge in [0.15, 0.2) is 5.13 Å². The molecule has 0 saturated carbocycles. The van der Waals surface area contributed by atoms with Crippen molar-refractivity contribution in [3.8, 4) is 10.4 Å². The Hall–Kier alpha value is -2.64. The van der Waals surface area contributed by atoms with Crippen LogP contribution in [0.5, 0.6) is 0 Å². The molecule has 0 bridgehead atoms. The van der Waals surface area contributed by atoms with Crippen molar-refractivity contribution in [2.24, 2.45) is 0 Å². The monoisotopic (exact) mass is 392 g/mol. The number of carbonyl (C=O) groups is 2. The maximum atomic E-state index is 13.7. The fraction of sp³-hybridized carbons (Fsp3) is 0.0556. The van der Waals surface area contributed by atoms with Crippen LogP contribution < -0.4 is 5.32 Å². The molecule has 0 atom stereocenters. The van der Waals surface area contributed by atoms with Crippen LogP contribution in [-0.4, -0.2) is 16.1 Å². The molecule has 1 amide bonds. The summed E-state index contributed by atoms with van der Waals surface area (Å²) < 4.78 is 27.5. The van der Waals surface area contributed by atoms with E-state index in [-0.39, 0.29) is 10.8 Å². The molecule has 1 aromatic heterocycles. The largest absolute Gasteiger partial charge is 0.298 e. The molecule has 0 saturated heterocycles. The molecule has 8 heteroatoms. The number of hydrogen-bond donors (Lipinski definition) is 1. The molecule has 0 aliphatic heterocycles. The third kappa shape index (κ3) is 3.63. The molecule has 2 aromatic carbocycles. The quantitative estimate of drug-likeness (QED) is 0.633. The van der Waals surface area contributed by atoms with Crippen LogP contribution in [0.4, 0.5) is 13.9 Å². The molecule has 0 aliphatic rings. The van der Waals surface area contributed by atoms with Crippen LogP contribution in [-0.2, 0) is 0 Å². The Morgan fingerprint density at radius 3 is 2.38 bits per heavy atom. The van der Waals surface area contributed by atoms with Crippen LogP contribution in [0.1, 0.15) is 26.4 Å². The predicted molar refractivity (Wildman–Crippen MR) is 96.8 cm³/mol. The highest BCUT2D eigenvalue weighted by Crippen LogP contribution is 2.34. The Bertz CT molecular complexity index is 1000. The third-order valence-electron chi connectivity index (χ3n) is 3.50. The summed E-state index contributed by atoms with van der Waals surface area (Å²) in [6, 6.07) is 10.4. The second-order valence-electron chi connectivity index (χ2n) is 5.39. The molecular weight excluding hydrogens is 382 g/mol. The topological polar surface area (TPSA) is 59.1 Å². The normalized spacial score (nSPS) is 10.6. The number of thiazole rings is 1. The summed E-state index contributed by atoms with van der Waals surface area (Å²) in [5, 5.41) is 1.53. The van der Waals surface area contributed by atoms with Gasteiger partial charge in [-0.1, -0.05) is 47.2 Å². The van der Waals surface area contributed by atoms with Gasteiger partial charge in [0.05, 0.1) is 4.88 Å². The molecule has 0 unspecified atom stereocenters. The van der Waals surface area contributed by atoms with E-state index in [1.807, 2.05) is 19.1 Å². The summed E-state index contributed by atoms with van der Waals surface area (Å²) in [7, 11) is 0. The number of aromatic nitrogens is 1. The second-order valence-corrected chi connectivity index (χ2v) is 6.73. The zero-order valence-electron chi connectivity index (χ0n) is 13.3. The van der Waals surface area contributed by atoms with Crippen LogP contribution in [0, 0.1) is 18.6 Å². The highest BCUT2D eigenvalue weighted by molar-refractivity contribution is 7.19. The smallest absolute Gasteiger partial charge is 0.272 e. The Kier molecular flexibility index (Phi) is 5.11. The van der Waals surface area contributed by atoms with Crippen molar-refractivity contribution in [2.75, 3.05) is 5.32 Å². The lowest BCUT2D eigenvalue weighted by Gasteiger charge is -2.04. The maximum Gasteiger partial charge on any atom is 0.272 e. The number of carbonyl (C=O) groups excluding carboxylic acids is 2. The highest BCUT2D eigenvalue weighted by atomic mass is 35.5. The van der Waals surface area contributed by atoms with Crippen molar-refractivity contribution in [3.05, 3.63) is 70.9 Å². The van der Waals surface area contributed by atoms with Gasteiger partial charge in [0.25, 0.3) is 11.1 Å². The van der Waals surface area contributed by atoms with Crippen molar-refractivity contribution in [1.82, 2.24) is 4.98 Å². The summed E-state index contributed by atoms with van der Waals surface area (Å²) >= 11 is 6.58. The van der Waals surface area contributed by atoms with Gasteiger partial charge in [0.1, 0.15) is 22.9 Å². The van der Waals surface area contributed by atoms with Gasteiger partial charge in [0.2, 0.25) is 0 Å². The number of amides is 1. The van der Waals surface area contributed by atoms with E-state index in [4.69, 9.17) is 11.6 Å². The van der Waals surface area contributed by atoms with Gasteiger partial charge in [0, 0.05) is 0 Å². The maximum absolute atomic E-state index is 13.7. The van der Waals surface area contributed by atoms with E-state index < -0.39 is 28.3 Å². The fourth-order valence-electron chi connectivity index (χ4n) is 2.36. The molecule has 3 aromatic rings. The van der Waals surface area contributed by atoms with Crippen molar-refractivity contribution in [3.63, 3.8) is 0 Å². The second kappa shape index (κ2) is 7.31. The number of benzene rings is 2. The number of nitrogens with one attached hydrogen (secondary N) is 1. The third-order valence-corrected chi connectivity index (χ3v) is 4.70. The molecule has 132 valence electrons. The Labute approximate surface area is 156 Å². The Morgan fingerprint density at radius 2 is 1.77 bits per heavy atom. The zero-order valence-corrected chi connectivity index (χ0v) is 14.9. The first-order valence-electron chi connectivity index (χ1n) is 7.40. The van der Waals surface area contributed by atoms with Gasteiger partial charge in [-0.15, -0.1) is 0 Å². The summed E-state index contributed by atoms with van der Waals surface area (Å²) in [5.41, 5.74) is 0.900. The fourth-order valence-corrected chi connectivity index (χ4v) is 3.51. The molecule has 0 spiro atoms. The van der Waals surface area contributed by atoms with Gasteiger partial charge >= 0.3 is 0 Å². The van der Waals surface area contributed by atoms with Crippen molar-refractivity contribution in [1.29, 1.82) is 0 Å². The lowest BCUT2D eigenvalue weighted by molar-refractivity contribution is 0.101. The van der Waals surface area contributed by atoms with Crippen LogP contribution in [0.25, 0.3) is 10.4 Å². The standard InChI is InChI=1S/C18H11ClF2N2O2S/c1-9-4-2-5-10(8-9)15-14(16(19)24)22-18(26-15)23-17(25)13-11(20)6-3-7-12(13)21/h2-8H,1H3,(H,22,23,25). The van der Waals surface area contributed by atoms with E-state index in [0.717, 1.165) is 35.1 Å². The number of hydrogen-bond acceptors (Lipinski definition) is 4. The minimum atomic E-state index is -1.00. The van der Waals surface area contributed by atoms with Crippen molar-refractivity contribution >= 4 is 39.2 Å². The SMILES string of the molecule is Cc1cccc(-c2sc(NC(=O)c3c(F)cccc3F)nc2C(=O)Cl)c1. The van der Waals surface area contributed by atoms with Gasteiger partial charge in [-0.2, -0.15) is 0 Å². The van der Waals surface area contributed by atoms with Crippen molar-refractivity contribution < 1.29 is 18.4 Å². The number of nitrogens with zero attached hydrogens (tertiary/aromatic N) is 1. The first-order chi connectivity index (χ1) is 12.4. The minimum Gasteiger partial charge on any atom is -0.298 e. The number of halogens is 3. The van der Waals surface area contributed by atoms with E-state index in [1.54, 1.807) is 12.1 Å². The van der Waals surface area contributed by atoms with E-state index in [1.165, 1.54) is 0 Å². The van der Waals surface area contributed by atoms with Gasteiger partial charge < -0.3 is 0 Å². The lowest BCUT2D eigenvalue weighted by atomic mass is 10.1. The predicted octanol–water partition coefficient (Wildman–Crippen LogP) is 5.03. The lowest BCUT2D eigenvalue weighted by Crippen LogP contribution is -2.15. The van der Waals surface area contributed by atoms with E-state index in [2.05, 4.69) is 10.3 Å². The minimum absolute atomic E-state index is 0.0122. The van der Waals surface area contributed by atoms with E-state index in [0.29, 0.717) is 10.4 Å². The first kappa shape index (κ1) is 18.2.